The molecule has 1 aliphatic carbocycles. The van der Waals surface area contributed by atoms with Crippen molar-refractivity contribution < 1.29 is 4.79 Å². The molecule has 0 bridgehead atoms. The molecule has 5 nitrogen and oxygen atoms in total. The van der Waals surface area contributed by atoms with Crippen LogP contribution in [0.1, 0.15) is 57.8 Å². The van der Waals surface area contributed by atoms with Crippen LogP contribution >= 0.6 is 0 Å². The van der Waals surface area contributed by atoms with Crippen molar-refractivity contribution in [2.45, 2.75) is 63.8 Å². The molecule has 1 amide bonds. The van der Waals surface area contributed by atoms with E-state index in [1.54, 1.807) is 0 Å². The number of carbonyl (C=O) groups excluding carboxylic acids is 1. The maximum Gasteiger partial charge on any atom is 0.222 e. The lowest BCUT2D eigenvalue weighted by molar-refractivity contribution is -0.137. The van der Waals surface area contributed by atoms with Crippen molar-refractivity contribution in [1.82, 2.24) is 4.90 Å². The minimum absolute atomic E-state index is 0.317. The summed E-state index contributed by atoms with van der Waals surface area (Å²) in [7, 11) is 0. The van der Waals surface area contributed by atoms with Crippen LogP contribution in [0.25, 0.3) is 10.4 Å². The zero-order valence-corrected chi connectivity index (χ0v) is 11.6. The Bertz CT molecular complexity index is 349. The molecule has 1 saturated carbocycles. The van der Waals surface area contributed by atoms with Gasteiger partial charge in [-0.15, -0.1) is 0 Å². The topological polar surface area (TPSA) is 69.1 Å². The van der Waals surface area contributed by atoms with Gasteiger partial charge in [0.25, 0.3) is 0 Å². The molecular formula is C14H24N4O. The van der Waals surface area contributed by atoms with E-state index in [9.17, 15) is 4.79 Å². The molecule has 1 saturated heterocycles. The third kappa shape index (κ3) is 3.87. The molecule has 5 heteroatoms. The summed E-state index contributed by atoms with van der Waals surface area (Å²) in [5.74, 6) is 1.08. The van der Waals surface area contributed by atoms with E-state index in [1.165, 1.54) is 38.5 Å². The van der Waals surface area contributed by atoms with Crippen LogP contribution in [0.5, 0.6) is 0 Å². The second-order valence-electron chi connectivity index (χ2n) is 5.75. The van der Waals surface area contributed by atoms with Gasteiger partial charge in [0.2, 0.25) is 5.91 Å². The Morgan fingerprint density at radius 2 is 2.00 bits per heavy atom. The number of unbranched alkanes of at least 4 members (excludes halogenated alkanes) is 1. The average molecular weight is 264 g/mol. The van der Waals surface area contributed by atoms with Gasteiger partial charge in [-0.1, -0.05) is 18.0 Å². The lowest BCUT2D eigenvalue weighted by Crippen LogP contribution is -2.49. The highest BCUT2D eigenvalue weighted by Gasteiger charge is 2.35. The molecule has 2 rings (SSSR count). The fourth-order valence-electron chi connectivity index (χ4n) is 3.58. The van der Waals surface area contributed by atoms with Crippen molar-refractivity contribution in [3.8, 4) is 0 Å². The fraction of sp³-hybridized carbons (Fsp3) is 0.929. The van der Waals surface area contributed by atoms with Gasteiger partial charge >= 0.3 is 0 Å². The van der Waals surface area contributed by atoms with Crippen molar-refractivity contribution in [2.24, 2.45) is 11.0 Å². The number of likely N-dealkylation sites (tertiary alicyclic amines) is 1. The highest BCUT2D eigenvalue weighted by molar-refractivity contribution is 5.76. The van der Waals surface area contributed by atoms with Crippen molar-refractivity contribution in [1.29, 1.82) is 0 Å². The van der Waals surface area contributed by atoms with Crippen molar-refractivity contribution in [2.75, 3.05) is 13.1 Å². The van der Waals surface area contributed by atoms with Crippen LogP contribution in [-0.4, -0.2) is 29.9 Å². The Labute approximate surface area is 115 Å². The van der Waals surface area contributed by atoms with Gasteiger partial charge in [0.1, 0.15) is 0 Å². The molecule has 19 heavy (non-hydrogen) atoms. The second kappa shape index (κ2) is 7.39. The smallest absolute Gasteiger partial charge is 0.222 e. The number of hydrogen-bond donors (Lipinski definition) is 0. The number of rotatable bonds is 5. The van der Waals surface area contributed by atoms with Gasteiger partial charge in [0.15, 0.2) is 0 Å². The maximum atomic E-state index is 12.3. The summed E-state index contributed by atoms with van der Waals surface area (Å²) in [6, 6.07) is 0.520. The van der Waals surface area contributed by atoms with Gasteiger partial charge in [-0.05, 0) is 50.0 Å². The van der Waals surface area contributed by atoms with Crippen LogP contribution in [0, 0.1) is 5.92 Å². The van der Waals surface area contributed by atoms with Gasteiger partial charge in [0, 0.05) is 30.5 Å². The quantitative estimate of drug-likeness (QED) is 0.323. The normalized spacial score (nSPS) is 26.4. The molecule has 0 radical (unpaired) electrons. The molecule has 2 atom stereocenters. The first-order valence-corrected chi connectivity index (χ1v) is 7.63. The zero-order valence-electron chi connectivity index (χ0n) is 11.6. The van der Waals surface area contributed by atoms with Crippen LogP contribution in [0.3, 0.4) is 0 Å². The highest BCUT2D eigenvalue weighted by atomic mass is 16.2. The summed E-state index contributed by atoms with van der Waals surface area (Å²) in [6.45, 7) is 1.46. The van der Waals surface area contributed by atoms with Gasteiger partial charge < -0.3 is 4.90 Å². The molecule has 2 fully saturated rings. The lowest BCUT2D eigenvalue weighted by Gasteiger charge is -2.44. The Morgan fingerprint density at radius 3 is 2.84 bits per heavy atom. The predicted octanol–water partition coefficient (Wildman–Crippen LogP) is 3.65. The number of carbonyl (C=O) groups is 1. The number of piperidine rings is 1. The summed E-state index contributed by atoms with van der Waals surface area (Å²) in [4.78, 5) is 17.2. The molecule has 2 unspecified atom stereocenters. The number of fused-ring (bicyclic) bond motifs is 1. The molecule has 1 heterocycles. The monoisotopic (exact) mass is 264 g/mol. The summed E-state index contributed by atoms with van der Waals surface area (Å²) < 4.78 is 0. The highest BCUT2D eigenvalue weighted by Crippen LogP contribution is 2.35. The van der Waals surface area contributed by atoms with Crippen molar-refractivity contribution in [3.63, 3.8) is 0 Å². The summed E-state index contributed by atoms with van der Waals surface area (Å²) in [5, 5.41) is 3.50. The van der Waals surface area contributed by atoms with Gasteiger partial charge in [-0.2, -0.15) is 0 Å². The minimum atomic E-state index is 0.317. The first-order valence-electron chi connectivity index (χ1n) is 7.63. The van der Waals surface area contributed by atoms with Crippen LogP contribution in [0.15, 0.2) is 5.11 Å². The molecule has 0 N–H and O–H groups in total. The molecule has 2 aliphatic rings. The van der Waals surface area contributed by atoms with E-state index in [1.807, 2.05) is 0 Å². The van der Waals surface area contributed by atoms with Crippen molar-refractivity contribution in [3.05, 3.63) is 10.4 Å². The Hall–Kier alpha value is -1.22. The van der Waals surface area contributed by atoms with Gasteiger partial charge in [0.05, 0.1) is 0 Å². The first-order chi connectivity index (χ1) is 9.33. The van der Waals surface area contributed by atoms with Gasteiger partial charge in [-0.3, -0.25) is 4.79 Å². The van der Waals surface area contributed by atoms with Crippen LogP contribution in [0.4, 0.5) is 0 Å². The zero-order chi connectivity index (χ0) is 13.5. The summed E-state index contributed by atoms with van der Waals surface area (Å²) >= 11 is 0. The third-order valence-electron chi connectivity index (χ3n) is 4.53. The molecule has 0 aromatic carbocycles. The number of azide groups is 1. The van der Waals surface area contributed by atoms with Crippen molar-refractivity contribution >= 4 is 5.91 Å². The SMILES string of the molecule is [N-]=[N+]=NCCCCC(=O)N1CCCC2CCCCC21. The number of hydrogen-bond acceptors (Lipinski definition) is 2. The van der Waals surface area contributed by atoms with E-state index < -0.39 is 0 Å². The number of amides is 1. The average Bonchev–Trinajstić information content (AvgIpc) is 2.46. The maximum absolute atomic E-state index is 12.3. The third-order valence-corrected chi connectivity index (χ3v) is 4.53. The Morgan fingerprint density at radius 1 is 1.21 bits per heavy atom. The minimum Gasteiger partial charge on any atom is -0.339 e. The van der Waals surface area contributed by atoms with E-state index >= 15 is 0 Å². The second-order valence-corrected chi connectivity index (χ2v) is 5.75. The lowest BCUT2D eigenvalue weighted by atomic mass is 9.78. The first kappa shape index (κ1) is 14.2. The predicted molar refractivity (Wildman–Crippen MR) is 74.6 cm³/mol. The number of nitrogens with zero attached hydrogens (tertiary/aromatic N) is 4. The molecule has 0 spiro atoms. The molecule has 0 aromatic rings. The largest absolute Gasteiger partial charge is 0.339 e. The van der Waals surface area contributed by atoms with Gasteiger partial charge in [-0.25, -0.2) is 0 Å². The molecule has 0 aromatic heterocycles. The van der Waals surface area contributed by atoms with E-state index in [4.69, 9.17) is 5.53 Å². The Kier molecular flexibility index (Phi) is 5.52. The molecular weight excluding hydrogens is 240 g/mol. The summed E-state index contributed by atoms with van der Waals surface area (Å²) in [5.41, 5.74) is 8.19. The van der Waals surface area contributed by atoms with Crippen LogP contribution < -0.4 is 0 Å². The Balaban J connectivity index is 1.78. The molecule has 106 valence electrons. The van der Waals surface area contributed by atoms with E-state index in [2.05, 4.69) is 14.9 Å². The van der Waals surface area contributed by atoms with E-state index in [-0.39, 0.29) is 0 Å². The van der Waals surface area contributed by atoms with Crippen LogP contribution in [0.2, 0.25) is 0 Å². The molecule has 1 aliphatic heterocycles. The fourth-order valence-corrected chi connectivity index (χ4v) is 3.58. The summed E-state index contributed by atoms with van der Waals surface area (Å²) in [6.07, 6.45) is 9.89. The standard InChI is InChI=1S/C14H24N4O/c15-17-16-10-4-3-9-14(19)18-11-5-7-12-6-1-2-8-13(12)18/h12-13H,1-11H2. The van der Waals surface area contributed by atoms with Crippen LogP contribution in [-0.2, 0) is 4.79 Å². The van der Waals surface area contributed by atoms with E-state index in [0.717, 1.165) is 25.3 Å². The van der Waals surface area contributed by atoms with E-state index in [0.29, 0.717) is 24.9 Å².